The second-order valence-electron chi connectivity index (χ2n) is 8.43. The Labute approximate surface area is 185 Å². The fourth-order valence-electron chi connectivity index (χ4n) is 3.95. The SMILES string of the molecule is CCCCCCCCC(C)CC(C)c1sc2c(SC)c(C(C)C)sc2c1S. The molecule has 0 saturated heterocycles. The molecule has 2 rings (SSSR count). The third kappa shape index (κ3) is 6.17. The first-order chi connectivity index (χ1) is 12.9. The lowest BCUT2D eigenvalue weighted by Gasteiger charge is -2.17. The molecule has 0 aliphatic rings. The summed E-state index contributed by atoms with van der Waals surface area (Å²) >= 11 is 10.9. The number of fused-ring (bicyclic) bond motifs is 1. The lowest BCUT2D eigenvalue weighted by atomic mass is 9.91. The topological polar surface area (TPSA) is 0 Å². The van der Waals surface area contributed by atoms with Crippen LogP contribution in [0.5, 0.6) is 0 Å². The summed E-state index contributed by atoms with van der Waals surface area (Å²) in [5.74, 6) is 2.03. The number of thioether (sulfide) groups is 1. The van der Waals surface area contributed by atoms with Gasteiger partial charge in [0, 0.05) is 19.5 Å². The molecule has 4 heteroatoms. The van der Waals surface area contributed by atoms with E-state index in [1.807, 2.05) is 34.4 Å². The second-order valence-corrected chi connectivity index (χ2v) is 11.8. The number of rotatable bonds is 12. The molecule has 0 radical (unpaired) electrons. The molecule has 2 aromatic heterocycles. The maximum atomic E-state index is 4.97. The molecule has 0 fully saturated rings. The number of thiophene rings is 2. The summed E-state index contributed by atoms with van der Waals surface area (Å²) in [6.45, 7) is 11.8. The van der Waals surface area contributed by atoms with Gasteiger partial charge in [-0.05, 0) is 30.4 Å². The molecule has 0 amide bonds. The predicted molar refractivity (Wildman–Crippen MR) is 133 cm³/mol. The van der Waals surface area contributed by atoms with Crippen LogP contribution in [0.25, 0.3) is 9.40 Å². The van der Waals surface area contributed by atoms with Crippen LogP contribution in [0.4, 0.5) is 0 Å². The molecule has 0 aliphatic heterocycles. The summed E-state index contributed by atoms with van der Waals surface area (Å²) in [7, 11) is 0. The largest absolute Gasteiger partial charge is 0.141 e. The Morgan fingerprint density at radius 2 is 1.52 bits per heavy atom. The number of unbranched alkanes of at least 4 members (excludes halogenated alkanes) is 5. The summed E-state index contributed by atoms with van der Waals surface area (Å²) in [6, 6.07) is 0. The van der Waals surface area contributed by atoms with Crippen molar-refractivity contribution < 1.29 is 0 Å². The van der Waals surface area contributed by atoms with E-state index >= 15 is 0 Å². The Morgan fingerprint density at radius 1 is 0.889 bits per heavy atom. The molecule has 27 heavy (non-hydrogen) atoms. The molecule has 2 atom stereocenters. The molecule has 0 saturated carbocycles. The highest BCUT2D eigenvalue weighted by atomic mass is 32.2. The lowest BCUT2D eigenvalue weighted by molar-refractivity contribution is 0.428. The van der Waals surface area contributed by atoms with E-state index in [0.717, 1.165) is 5.92 Å². The van der Waals surface area contributed by atoms with E-state index in [2.05, 4.69) is 40.9 Å². The summed E-state index contributed by atoms with van der Waals surface area (Å²) < 4.78 is 2.92. The van der Waals surface area contributed by atoms with Crippen molar-refractivity contribution >= 4 is 56.5 Å². The molecule has 2 unspecified atom stereocenters. The third-order valence-corrected chi connectivity index (χ3v) is 10.4. The Balaban J connectivity index is 1.98. The fraction of sp³-hybridized carbons (Fsp3) is 0.739. The van der Waals surface area contributed by atoms with Gasteiger partial charge in [-0.15, -0.1) is 47.1 Å². The van der Waals surface area contributed by atoms with Crippen LogP contribution < -0.4 is 0 Å². The molecular formula is C23H38S4. The minimum Gasteiger partial charge on any atom is -0.141 e. The molecule has 0 bridgehead atoms. The van der Waals surface area contributed by atoms with Crippen molar-refractivity contribution in [3.63, 3.8) is 0 Å². The van der Waals surface area contributed by atoms with Gasteiger partial charge in [0.2, 0.25) is 0 Å². The first-order valence-electron chi connectivity index (χ1n) is 10.7. The van der Waals surface area contributed by atoms with Crippen molar-refractivity contribution in [3.8, 4) is 0 Å². The van der Waals surface area contributed by atoms with Crippen LogP contribution in [0.1, 0.15) is 108 Å². The van der Waals surface area contributed by atoms with Crippen LogP contribution >= 0.6 is 47.1 Å². The van der Waals surface area contributed by atoms with Gasteiger partial charge in [0.05, 0.1) is 9.40 Å². The minimum absolute atomic E-state index is 0.600. The maximum Gasteiger partial charge on any atom is 0.0604 e. The molecule has 0 N–H and O–H groups in total. The third-order valence-electron chi connectivity index (χ3n) is 5.49. The molecule has 0 aliphatic carbocycles. The number of hydrogen-bond donors (Lipinski definition) is 1. The van der Waals surface area contributed by atoms with Crippen LogP contribution in [0.15, 0.2) is 9.79 Å². The molecular weight excluding hydrogens is 405 g/mol. The number of hydrogen-bond acceptors (Lipinski definition) is 4. The number of thiol groups is 1. The fourth-order valence-corrected chi connectivity index (χ4v) is 8.71. The van der Waals surface area contributed by atoms with E-state index in [0.29, 0.717) is 11.8 Å². The highest BCUT2D eigenvalue weighted by Gasteiger charge is 2.23. The van der Waals surface area contributed by atoms with Crippen LogP contribution in [0.3, 0.4) is 0 Å². The standard InChI is InChI=1S/C23H38S4/c1-7-8-9-10-11-12-13-16(4)14-17(5)20-18(24)21-23(27-20)22(25-6)19(26-21)15(2)3/h15-17,24H,7-14H2,1-6H3. The Bertz CT molecular complexity index is 695. The van der Waals surface area contributed by atoms with Gasteiger partial charge in [0.1, 0.15) is 0 Å². The lowest BCUT2D eigenvalue weighted by Crippen LogP contribution is -2.01. The van der Waals surface area contributed by atoms with E-state index in [1.54, 1.807) is 0 Å². The summed E-state index contributed by atoms with van der Waals surface area (Å²) in [6.07, 6.45) is 13.3. The van der Waals surface area contributed by atoms with Crippen LogP contribution in [-0.2, 0) is 0 Å². The summed E-state index contributed by atoms with van der Waals surface area (Å²) in [5.41, 5.74) is 0. The highest BCUT2D eigenvalue weighted by molar-refractivity contribution is 7.99. The van der Waals surface area contributed by atoms with Gasteiger partial charge >= 0.3 is 0 Å². The van der Waals surface area contributed by atoms with E-state index in [-0.39, 0.29) is 0 Å². The zero-order chi connectivity index (χ0) is 20.0. The van der Waals surface area contributed by atoms with Crippen LogP contribution in [0, 0.1) is 5.92 Å². The average molecular weight is 443 g/mol. The van der Waals surface area contributed by atoms with Crippen molar-refractivity contribution in [2.24, 2.45) is 5.92 Å². The summed E-state index contributed by atoms with van der Waals surface area (Å²) in [5, 5.41) is 0. The Morgan fingerprint density at radius 3 is 2.15 bits per heavy atom. The summed E-state index contributed by atoms with van der Waals surface area (Å²) in [4.78, 5) is 5.82. The average Bonchev–Trinajstić information content (AvgIpc) is 3.14. The van der Waals surface area contributed by atoms with Crippen LogP contribution in [-0.4, -0.2) is 6.26 Å². The second kappa shape index (κ2) is 11.5. The van der Waals surface area contributed by atoms with Crippen molar-refractivity contribution in [1.29, 1.82) is 0 Å². The van der Waals surface area contributed by atoms with Gasteiger partial charge in [-0.1, -0.05) is 79.6 Å². The van der Waals surface area contributed by atoms with Crippen molar-refractivity contribution in [1.82, 2.24) is 0 Å². The first-order valence-corrected chi connectivity index (χ1v) is 14.0. The van der Waals surface area contributed by atoms with E-state index in [9.17, 15) is 0 Å². The van der Waals surface area contributed by atoms with E-state index in [1.165, 1.54) is 80.3 Å². The molecule has 2 heterocycles. The van der Waals surface area contributed by atoms with Crippen molar-refractivity contribution in [3.05, 3.63) is 9.75 Å². The zero-order valence-corrected chi connectivity index (χ0v) is 21.4. The van der Waals surface area contributed by atoms with Crippen molar-refractivity contribution in [2.75, 3.05) is 6.26 Å². The van der Waals surface area contributed by atoms with Gasteiger partial charge in [0.15, 0.2) is 0 Å². The first kappa shape index (κ1) is 23.6. The zero-order valence-electron chi connectivity index (χ0n) is 18.1. The molecule has 0 aromatic carbocycles. The van der Waals surface area contributed by atoms with Crippen molar-refractivity contribution in [2.45, 2.75) is 108 Å². The smallest absolute Gasteiger partial charge is 0.0604 e. The quantitative estimate of drug-likeness (QED) is 0.194. The van der Waals surface area contributed by atoms with Gasteiger partial charge in [0.25, 0.3) is 0 Å². The van der Waals surface area contributed by atoms with Gasteiger partial charge < -0.3 is 0 Å². The molecule has 2 aromatic rings. The Hall–Kier alpha value is 0.360. The molecule has 154 valence electrons. The highest BCUT2D eigenvalue weighted by Crippen LogP contribution is 2.50. The molecule has 0 nitrogen and oxygen atoms in total. The monoisotopic (exact) mass is 442 g/mol. The minimum atomic E-state index is 0.600. The Kier molecular flexibility index (Phi) is 10.1. The van der Waals surface area contributed by atoms with E-state index < -0.39 is 0 Å². The van der Waals surface area contributed by atoms with Crippen LogP contribution in [0.2, 0.25) is 0 Å². The predicted octanol–water partition coefficient (Wildman–Crippen LogP) is 9.98. The normalized spacial score (nSPS) is 14.4. The van der Waals surface area contributed by atoms with E-state index in [4.69, 9.17) is 12.6 Å². The van der Waals surface area contributed by atoms with Gasteiger partial charge in [-0.3, -0.25) is 0 Å². The van der Waals surface area contributed by atoms with Gasteiger partial charge in [-0.2, -0.15) is 0 Å². The maximum absolute atomic E-state index is 4.97. The van der Waals surface area contributed by atoms with Gasteiger partial charge in [-0.25, -0.2) is 0 Å². The molecule has 0 spiro atoms.